The van der Waals surface area contributed by atoms with Crippen molar-refractivity contribution in [2.45, 2.75) is 37.8 Å². The van der Waals surface area contributed by atoms with E-state index in [2.05, 4.69) is 10.2 Å². The third kappa shape index (κ3) is 4.07. The number of carbonyl (C=O) groups is 3. The lowest BCUT2D eigenvalue weighted by Crippen LogP contribution is -2.50. The summed E-state index contributed by atoms with van der Waals surface area (Å²) in [6.07, 6.45) is 2.39. The maximum atomic E-state index is 12.2. The normalized spacial score (nSPS) is 24.0. The lowest BCUT2D eigenvalue weighted by atomic mass is 10.2. The largest absolute Gasteiger partial charge is 0.481 e. The van der Waals surface area contributed by atoms with Crippen molar-refractivity contribution in [2.24, 2.45) is 0 Å². The third-order valence-corrected chi connectivity index (χ3v) is 4.07. The molecule has 2 aliphatic heterocycles. The zero-order valence-corrected chi connectivity index (χ0v) is 11.8. The summed E-state index contributed by atoms with van der Waals surface area (Å²) in [5, 5.41) is 20.0. The van der Waals surface area contributed by atoms with E-state index in [4.69, 9.17) is 10.2 Å². The fourth-order valence-electron chi connectivity index (χ4n) is 3.01. The first-order valence-corrected chi connectivity index (χ1v) is 7.21. The van der Waals surface area contributed by atoms with E-state index in [1.165, 1.54) is 0 Å². The van der Waals surface area contributed by atoms with Crippen LogP contribution in [0.15, 0.2) is 0 Å². The molecule has 0 radical (unpaired) electrons. The van der Waals surface area contributed by atoms with E-state index in [9.17, 15) is 14.4 Å². The van der Waals surface area contributed by atoms with Gasteiger partial charge in [0.2, 0.25) is 0 Å². The Kier molecular flexibility index (Phi) is 5.00. The summed E-state index contributed by atoms with van der Waals surface area (Å²) in [5.41, 5.74) is 0. The van der Waals surface area contributed by atoms with Crippen LogP contribution in [0, 0.1) is 0 Å². The van der Waals surface area contributed by atoms with Crippen molar-refractivity contribution in [3.8, 4) is 0 Å². The fraction of sp³-hybridized carbons (Fsp3) is 0.769. The van der Waals surface area contributed by atoms with Crippen molar-refractivity contribution in [2.75, 3.05) is 26.2 Å². The van der Waals surface area contributed by atoms with Gasteiger partial charge in [-0.15, -0.1) is 0 Å². The number of carboxylic acids is 2. The predicted octanol–water partition coefficient (Wildman–Crippen LogP) is -0.206. The third-order valence-electron chi connectivity index (χ3n) is 4.07. The summed E-state index contributed by atoms with van der Waals surface area (Å²) in [6.45, 7) is 3.15. The molecule has 118 valence electrons. The first kappa shape index (κ1) is 15.6. The van der Waals surface area contributed by atoms with Crippen molar-refractivity contribution < 1.29 is 24.6 Å². The number of amides is 2. The molecule has 2 atom stereocenters. The second-order valence-electron chi connectivity index (χ2n) is 5.57. The molecule has 0 spiro atoms. The van der Waals surface area contributed by atoms with Gasteiger partial charge in [0, 0.05) is 25.7 Å². The maximum absolute atomic E-state index is 12.2. The summed E-state index contributed by atoms with van der Waals surface area (Å²) >= 11 is 0. The average molecular weight is 299 g/mol. The minimum atomic E-state index is -1.39. The van der Waals surface area contributed by atoms with E-state index >= 15 is 0 Å². The van der Waals surface area contributed by atoms with E-state index in [-0.39, 0.29) is 0 Å². The maximum Gasteiger partial charge on any atom is 0.326 e. The van der Waals surface area contributed by atoms with Crippen LogP contribution in [-0.4, -0.2) is 76.2 Å². The Balaban J connectivity index is 1.94. The summed E-state index contributed by atoms with van der Waals surface area (Å²) in [4.78, 5) is 37.8. The number of nitrogens with one attached hydrogen (secondary N) is 1. The van der Waals surface area contributed by atoms with Crippen LogP contribution in [0.5, 0.6) is 0 Å². The van der Waals surface area contributed by atoms with Gasteiger partial charge in [0.25, 0.3) is 0 Å². The molecule has 2 aliphatic rings. The smallest absolute Gasteiger partial charge is 0.326 e. The zero-order chi connectivity index (χ0) is 15.4. The number of urea groups is 1. The molecule has 0 aromatic heterocycles. The van der Waals surface area contributed by atoms with E-state index in [0.717, 1.165) is 32.4 Å². The van der Waals surface area contributed by atoms with Gasteiger partial charge in [-0.25, -0.2) is 9.59 Å². The molecule has 8 nitrogen and oxygen atoms in total. The summed E-state index contributed by atoms with van der Waals surface area (Å²) in [5.74, 6) is -2.58. The Morgan fingerprint density at radius 3 is 2.52 bits per heavy atom. The summed E-state index contributed by atoms with van der Waals surface area (Å²) in [6, 6.07) is -1.55. The molecule has 2 heterocycles. The second kappa shape index (κ2) is 6.75. The first-order valence-electron chi connectivity index (χ1n) is 7.21. The van der Waals surface area contributed by atoms with E-state index < -0.39 is 30.4 Å². The molecule has 0 aromatic carbocycles. The number of rotatable bonds is 4. The molecular formula is C13H21N3O5. The number of aliphatic carboxylic acids is 2. The SMILES string of the molecule is O=C(O)C[C@@H](NC(=O)N1CCCN2CCCC2C1)C(=O)O. The molecule has 0 aromatic rings. The second-order valence-corrected chi connectivity index (χ2v) is 5.57. The molecule has 2 amide bonds. The van der Waals surface area contributed by atoms with Crippen LogP contribution in [0.3, 0.4) is 0 Å². The molecule has 0 bridgehead atoms. The van der Waals surface area contributed by atoms with Gasteiger partial charge in [0.15, 0.2) is 0 Å². The van der Waals surface area contributed by atoms with Gasteiger partial charge >= 0.3 is 18.0 Å². The molecule has 2 fully saturated rings. The Morgan fingerprint density at radius 1 is 1.14 bits per heavy atom. The Bertz CT molecular complexity index is 428. The molecule has 3 N–H and O–H groups in total. The highest BCUT2D eigenvalue weighted by molar-refractivity contribution is 5.86. The number of fused-ring (bicyclic) bond motifs is 1. The predicted molar refractivity (Wildman–Crippen MR) is 73.0 cm³/mol. The van der Waals surface area contributed by atoms with Gasteiger partial charge < -0.3 is 20.4 Å². The van der Waals surface area contributed by atoms with Crippen LogP contribution in [-0.2, 0) is 9.59 Å². The van der Waals surface area contributed by atoms with Crippen LogP contribution in [0.2, 0.25) is 0 Å². The van der Waals surface area contributed by atoms with Gasteiger partial charge in [-0.3, -0.25) is 9.69 Å². The van der Waals surface area contributed by atoms with Gasteiger partial charge in [-0.05, 0) is 25.8 Å². The fourth-order valence-corrected chi connectivity index (χ4v) is 3.01. The number of hydrogen-bond donors (Lipinski definition) is 3. The molecule has 2 rings (SSSR count). The number of carbonyl (C=O) groups excluding carboxylic acids is 1. The van der Waals surface area contributed by atoms with E-state index in [0.29, 0.717) is 19.1 Å². The van der Waals surface area contributed by atoms with Gasteiger partial charge in [-0.2, -0.15) is 0 Å². The van der Waals surface area contributed by atoms with E-state index in [1.807, 2.05) is 0 Å². The van der Waals surface area contributed by atoms with Crippen molar-refractivity contribution in [3.05, 3.63) is 0 Å². The molecule has 2 saturated heterocycles. The number of nitrogens with zero attached hydrogens (tertiary/aromatic N) is 2. The van der Waals surface area contributed by atoms with Crippen LogP contribution in [0.4, 0.5) is 4.79 Å². The highest BCUT2D eigenvalue weighted by Gasteiger charge is 2.32. The Morgan fingerprint density at radius 2 is 1.86 bits per heavy atom. The van der Waals surface area contributed by atoms with Crippen LogP contribution < -0.4 is 5.32 Å². The Hall–Kier alpha value is -1.83. The minimum absolute atomic E-state index is 0.334. The monoisotopic (exact) mass is 299 g/mol. The highest BCUT2D eigenvalue weighted by Crippen LogP contribution is 2.21. The molecule has 0 aliphatic carbocycles. The molecule has 1 unspecified atom stereocenters. The van der Waals surface area contributed by atoms with Crippen molar-refractivity contribution in [1.82, 2.24) is 15.1 Å². The average Bonchev–Trinajstić information content (AvgIpc) is 2.74. The van der Waals surface area contributed by atoms with Gasteiger partial charge in [0.1, 0.15) is 6.04 Å². The van der Waals surface area contributed by atoms with Crippen LogP contribution in [0.25, 0.3) is 0 Å². The van der Waals surface area contributed by atoms with Crippen LogP contribution in [0.1, 0.15) is 25.7 Å². The molecular weight excluding hydrogens is 278 g/mol. The standard InChI is InChI=1S/C13H21N3O5/c17-11(18)7-10(12(19)20)14-13(21)16-6-2-5-15-4-1-3-9(15)8-16/h9-10H,1-8H2,(H,14,21)(H,17,18)(H,19,20)/t9?,10-/m1/s1. The lowest BCUT2D eigenvalue weighted by Gasteiger charge is -2.26. The summed E-state index contributed by atoms with van der Waals surface area (Å²) in [7, 11) is 0. The first-order chi connectivity index (χ1) is 9.97. The van der Waals surface area contributed by atoms with Crippen molar-refractivity contribution in [1.29, 1.82) is 0 Å². The minimum Gasteiger partial charge on any atom is -0.481 e. The van der Waals surface area contributed by atoms with Gasteiger partial charge in [0.05, 0.1) is 6.42 Å². The quantitative estimate of drug-likeness (QED) is 0.663. The zero-order valence-electron chi connectivity index (χ0n) is 11.8. The lowest BCUT2D eigenvalue weighted by molar-refractivity contribution is -0.145. The Labute approximate surface area is 122 Å². The van der Waals surface area contributed by atoms with Crippen LogP contribution >= 0.6 is 0 Å². The molecule has 21 heavy (non-hydrogen) atoms. The number of carboxylic acid groups (broad SMARTS) is 2. The van der Waals surface area contributed by atoms with Crippen molar-refractivity contribution in [3.63, 3.8) is 0 Å². The highest BCUT2D eigenvalue weighted by atomic mass is 16.4. The summed E-state index contributed by atoms with van der Waals surface area (Å²) < 4.78 is 0. The molecule has 0 saturated carbocycles. The van der Waals surface area contributed by atoms with Crippen molar-refractivity contribution >= 4 is 18.0 Å². The topological polar surface area (TPSA) is 110 Å². The molecule has 8 heteroatoms. The number of hydrogen-bond acceptors (Lipinski definition) is 4. The van der Waals surface area contributed by atoms with E-state index in [1.54, 1.807) is 4.90 Å². The van der Waals surface area contributed by atoms with Gasteiger partial charge in [-0.1, -0.05) is 0 Å².